The molecule has 0 aliphatic heterocycles. The summed E-state index contributed by atoms with van der Waals surface area (Å²) in [7, 11) is 0. The Labute approximate surface area is 153 Å². The molecule has 1 aliphatic carbocycles. The van der Waals surface area contributed by atoms with Crippen LogP contribution in [0.15, 0.2) is 65.8 Å². The Morgan fingerprint density at radius 2 is 1.46 bits per heavy atom. The van der Waals surface area contributed by atoms with E-state index in [1.165, 1.54) is 6.42 Å². The number of rotatable bonds is 5. The van der Waals surface area contributed by atoms with Gasteiger partial charge in [-0.15, -0.1) is 0 Å². The average molecular weight is 349 g/mol. The molecule has 1 unspecified atom stereocenters. The number of carbonyl (C=O) groups excluding carboxylic acids is 2. The Morgan fingerprint density at radius 1 is 0.846 bits per heavy atom. The minimum absolute atomic E-state index is 0.292. The highest BCUT2D eigenvalue weighted by Crippen LogP contribution is 2.16. The SMILES string of the molecule is O=C(NC(C(=O)NN=C1CCCCC1)c1ccccc1)c1ccccc1. The predicted molar refractivity (Wildman–Crippen MR) is 102 cm³/mol. The molecule has 1 fully saturated rings. The largest absolute Gasteiger partial charge is 0.336 e. The summed E-state index contributed by atoms with van der Waals surface area (Å²) in [5.41, 5.74) is 4.90. The average Bonchev–Trinajstić information content (AvgIpc) is 2.72. The van der Waals surface area contributed by atoms with E-state index in [9.17, 15) is 9.59 Å². The Balaban J connectivity index is 1.75. The third kappa shape index (κ3) is 4.79. The fourth-order valence-electron chi connectivity index (χ4n) is 3.02. The number of carbonyl (C=O) groups is 2. The summed E-state index contributed by atoms with van der Waals surface area (Å²) in [5, 5.41) is 7.09. The standard InChI is InChI=1S/C21H23N3O2/c25-20(17-12-6-2-7-13-17)22-19(16-10-4-1-5-11-16)21(26)24-23-18-14-8-3-9-15-18/h1-2,4-7,10-13,19H,3,8-9,14-15H2,(H,22,25)(H,24,26). The van der Waals surface area contributed by atoms with Crippen LogP contribution in [0.5, 0.6) is 0 Å². The maximum absolute atomic E-state index is 12.7. The van der Waals surface area contributed by atoms with E-state index in [0.29, 0.717) is 5.56 Å². The zero-order valence-electron chi connectivity index (χ0n) is 14.7. The highest BCUT2D eigenvalue weighted by molar-refractivity contribution is 5.98. The first-order valence-corrected chi connectivity index (χ1v) is 9.00. The number of nitrogens with zero attached hydrogens (tertiary/aromatic N) is 1. The van der Waals surface area contributed by atoms with Gasteiger partial charge in [0.15, 0.2) is 0 Å². The first kappa shape index (κ1) is 17.9. The lowest BCUT2D eigenvalue weighted by Crippen LogP contribution is -2.39. The minimum Gasteiger partial charge on any atom is -0.336 e. The minimum atomic E-state index is -0.795. The van der Waals surface area contributed by atoms with Crippen LogP contribution in [0.2, 0.25) is 0 Å². The van der Waals surface area contributed by atoms with Crippen LogP contribution in [0.4, 0.5) is 0 Å². The number of hydrazone groups is 1. The Hall–Kier alpha value is -2.95. The quantitative estimate of drug-likeness (QED) is 0.810. The lowest BCUT2D eigenvalue weighted by molar-refractivity contribution is -0.123. The first-order valence-electron chi connectivity index (χ1n) is 9.00. The Kier molecular flexibility index (Phi) is 6.14. The second kappa shape index (κ2) is 8.94. The molecule has 2 amide bonds. The van der Waals surface area contributed by atoms with Crippen LogP contribution < -0.4 is 10.7 Å². The van der Waals surface area contributed by atoms with Crippen molar-refractivity contribution in [1.29, 1.82) is 0 Å². The third-order valence-corrected chi connectivity index (χ3v) is 4.46. The van der Waals surface area contributed by atoms with Gasteiger partial charge in [-0.1, -0.05) is 55.0 Å². The van der Waals surface area contributed by atoms with Gasteiger partial charge in [-0.2, -0.15) is 5.10 Å². The van der Waals surface area contributed by atoms with Gasteiger partial charge in [-0.3, -0.25) is 9.59 Å². The second-order valence-electron chi connectivity index (χ2n) is 6.40. The molecule has 0 spiro atoms. The van der Waals surface area contributed by atoms with Gasteiger partial charge >= 0.3 is 0 Å². The molecule has 1 saturated carbocycles. The molecule has 2 aromatic carbocycles. The van der Waals surface area contributed by atoms with Gasteiger partial charge in [0.1, 0.15) is 6.04 Å². The van der Waals surface area contributed by atoms with Gasteiger partial charge in [0.2, 0.25) is 0 Å². The number of hydrogen-bond acceptors (Lipinski definition) is 3. The Bertz CT molecular complexity index is 764. The molecule has 0 aromatic heterocycles. The molecule has 5 heteroatoms. The first-order chi connectivity index (χ1) is 12.7. The molecule has 2 N–H and O–H groups in total. The fraction of sp³-hybridized carbons (Fsp3) is 0.286. The van der Waals surface area contributed by atoms with Crippen molar-refractivity contribution in [3.63, 3.8) is 0 Å². The van der Waals surface area contributed by atoms with Crippen molar-refractivity contribution in [1.82, 2.24) is 10.7 Å². The molecule has 26 heavy (non-hydrogen) atoms. The van der Waals surface area contributed by atoms with Crippen molar-refractivity contribution in [2.24, 2.45) is 5.10 Å². The summed E-state index contributed by atoms with van der Waals surface area (Å²) in [6.07, 6.45) is 5.29. The third-order valence-electron chi connectivity index (χ3n) is 4.46. The van der Waals surface area contributed by atoms with E-state index in [1.54, 1.807) is 24.3 Å². The topological polar surface area (TPSA) is 70.6 Å². The van der Waals surface area contributed by atoms with Crippen LogP contribution in [0, 0.1) is 0 Å². The lowest BCUT2D eigenvalue weighted by Gasteiger charge is -2.18. The summed E-state index contributed by atoms with van der Waals surface area (Å²) in [6, 6.07) is 17.3. The molecule has 1 atom stereocenters. The van der Waals surface area contributed by atoms with Crippen LogP contribution in [0.1, 0.15) is 54.1 Å². The molecule has 134 valence electrons. The van der Waals surface area contributed by atoms with Crippen molar-refractivity contribution in [3.05, 3.63) is 71.8 Å². The number of nitrogens with one attached hydrogen (secondary N) is 2. The molecule has 0 heterocycles. The van der Waals surface area contributed by atoms with Gasteiger partial charge in [-0.25, -0.2) is 5.43 Å². The zero-order valence-corrected chi connectivity index (χ0v) is 14.7. The monoisotopic (exact) mass is 349 g/mol. The molecule has 0 saturated heterocycles. The molecule has 3 rings (SSSR count). The van der Waals surface area contributed by atoms with Crippen molar-refractivity contribution < 1.29 is 9.59 Å². The summed E-state index contributed by atoms with van der Waals surface area (Å²) >= 11 is 0. The smallest absolute Gasteiger partial charge is 0.267 e. The van der Waals surface area contributed by atoms with Gasteiger partial charge < -0.3 is 5.32 Å². The van der Waals surface area contributed by atoms with Crippen LogP contribution in [0.3, 0.4) is 0 Å². The van der Waals surface area contributed by atoms with E-state index in [2.05, 4.69) is 15.8 Å². The summed E-state index contributed by atoms with van der Waals surface area (Å²) in [6.45, 7) is 0. The summed E-state index contributed by atoms with van der Waals surface area (Å²) < 4.78 is 0. The van der Waals surface area contributed by atoms with Crippen LogP contribution in [-0.2, 0) is 4.79 Å². The van der Waals surface area contributed by atoms with Crippen LogP contribution in [0.25, 0.3) is 0 Å². The molecule has 5 nitrogen and oxygen atoms in total. The van der Waals surface area contributed by atoms with E-state index < -0.39 is 6.04 Å². The second-order valence-corrected chi connectivity index (χ2v) is 6.40. The predicted octanol–water partition coefficient (Wildman–Crippen LogP) is 3.59. The highest BCUT2D eigenvalue weighted by atomic mass is 16.2. The highest BCUT2D eigenvalue weighted by Gasteiger charge is 2.23. The van der Waals surface area contributed by atoms with Crippen molar-refractivity contribution >= 4 is 17.5 Å². The van der Waals surface area contributed by atoms with Crippen molar-refractivity contribution in [3.8, 4) is 0 Å². The van der Waals surface area contributed by atoms with Crippen LogP contribution in [-0.4, -0.2) is 17.5 Å². The number of benzene rings is 2. The maximum atomic E-state index is 12.7. The molecule has 1 aliphatic rings. The molecule has 0 radical (unpaired) electrons. The van der Waals surface area contributed by atoms with E-state index in [-0.39, 0.29) is 11.8 Å². The van der Waals surface area contributed by atoms with E-state index >= 15 is 0 Å². The van der Waals surface area contributed by atoms with Gasteiger partial charge in [0, 0.05) is 11.3 Å². The molecule has 2 aromatic rings. The van der Waals surface area contributed by atoms with Gasteiger partial charge in [0.25, 0.3) is 11.8 Å². The van der Waals surface area contributed by atoms with Gasteiger partial charge in [-0.05, 0) is 43.4 Å². The number of hydrogen-bond donors (Lipinski definition) is 2. The van der Waals surface area contributed by atoms with Crippen molar-refractivity contribution in [2.45, 2.75) is 38.1 Å². The fourth-order valence-corrected chi connectivity index (χ4v) is 3.02. The van der Waals surface area contributed by atoms with Gasteiger partial charge in [0.05, 0.1) is 0 Å². The van der Waals surface area contributed by atoms with E-state index in [4.69, 9.17) is 0 Å². The summed E-state index contributed by atoms with van der Waals surface area (Å²) in [4.78, 5) is 25.2. The normalized spacial score (nSPS) is 15.0. The summed E-state index contributed by atoms with van der Waals surface area (Å²) in [5.74, 6) is -0.626. The van der Waals surface area contributed by atoms with E-state index in [0.717, 1.165) is 37.0 Å². The number of amides is 2. The molecular formula is C21H23N3O2. The van der Waals surface area contributed by atoms with Crippen molar-refractivity contribution in [2.75, 3.05) is 0 Å². The zero-order chi connectivity index (χ0) is 18.2. The Morgan fingerprint density at radius 3 is 2.12 bits per heavy atom. The van der Waals surface area contributed by atoms with Crippen LogP contribution >= 0.6 is 0 Å². The maximum Gasteiger partial charge on any atom is 0.267 e. The lowest BCUT2D eigenvalue weighted by atomic mass is 9.99. The molecular weight excluding hydrogens is 326 g/mol. The molecule has 0 bridgehead atoms. The van der Waals surface area contributed by atoms with E-state index in [1.807, 2.05) is 36.4 Å².